The van der Waals surface area contributed by atoms with Crippen molar-refractivity contribution in [1.29, 1.82) is 0 Å². The standard InChI is InChI=1S/C6H11N5/c1-9-3-4-2-5(7)11-6(8)10-4/h2,9H,3H2,1H3,(H4,7,8,10,11). The molecule has 0 atom stereocenters. The van der Waals surface area contributed by atoms with Crippen molar-refractivity contribution < 1.29 is 0 Å². The fraction of sp³-hybridized carbons (Fsp3) is 0.333. The maximum atomic E-state index is 5.43. The van der Waals surface area contributed by atoms with Crippen LogP contribution in [0.25, 0.3) is 0 Å². The van der Waals surface area contributed by atoms with Gasteiger partial charge in [-0.25, -0.2) is 4.98 Å². The molecule has 5 heteroatoms. The van der Waals surface area contributed by atoms with E-state index in [1.807, 2.05) is 7.05 Å². The van der Waals surface area contributed by atoms with E-state index in [1.54, 1.807) is 6.07 Å². The van der Waals surface area contributed by atoms with Crippen LogP contribution >= 0.6 is 0 Å². The lowest BCUT2D eigenvalue weighted by Crippen LogP contribution is -2.10. The molecule has 0 aliphatic rings. The zero-order valence-corrected chi connectivity index (χ0v) is 6.33. The van der Waals surface area contributed by atoms with Crippen LogP contribution in [0.15, 0.2) is 6.07 Å². The van der Waals surface area contributed by atoms with Crippen LogP contribution in [0.5, 0.6) is 0 Å². The van der Waals surface area contributed by atoms with Crippen LogP contribution in [0.4, 0.5) is 11.8 Å². The Morgan fingerprint density at radius 2 is 2.18 bits per heavy atom. The van der Waals surface area contributed by atoms with Crippen LogP contribution in [0.1, 0.15) is 5.69 Å². The Morgan fingerprint density at radius 1 is 1.45 bits per heavy atom. The van der Waals surface area contributed by atoms with Crippen molar-refractivity contribution >= 4 is 11.8 Å². The number of hydrogen-bond donors (Lipinski definition) is 3. The highest BCUT2D eigenvalue weighted by Gasteiger charge is 1.96. The third-order valence-corrected chi connectivity index (χ3v) is 1.17. The summed E-state index contributed by atoms with van der Waals surface area (Å²) in [6.45, 7) is 0.650. The Morgan fingerprint density at radius 3 is 2.73 bits per heavy atom. The number of anilines is 2. The fourth-order valence-corrected chi connectivity index (χ4v) is 0.811. The normalized spacial score (nSPS) is 9.91. The van der Waals surface area contributed by atoms with Gasteiger partial charge < -0.3 is 16.8 Å². The number of hydrogen-bond acceptors (Lipinski definition) is 5. The Bertz CT molecular complexity index is 226. The molecule has 1 aromatic rings. The summed E-state index contributed by atoms with van der Waals surface area (Å²) in [6.07, 6.45) is 0. The zero-order valence-electron chi connectivity index (χ0n) is 6.33. The van der Waals surface area contributed by atoms with Crippen molar-refractivity contribution in [3.8, 4) is 0 Å². The van der Waals surface area contributed by atoms with E-state index in [2.05, 4.69) is 15.3 Å². The van der Waals surface area contributed by atoms with Gasteiger partial charge in [0.1, 0.15) is 5.82 Å². The lowest BCUT2D eigenvalue weighted by molar-refractivity contribution is 0.789. The minimum atomic E-state index is 0.218. The van der Waals surface area contributed by atoms with Gasteiger partial charge in [-0.3, -0.25) is 0 Å². The summed E-state index contributed by atoms with van der Waals surface area (Å²) in [7, 11) is 1.83. The molecule has 0 saturated carbocycles. The molecule has 0 fully saturated rings. The fourth-order valence-electron chi connectivity index (χ4n) is 0.811. The predicted octanol–water partition coefficient (Wildman–Crippen LogP) is -0.640. The first kappa shape index (κ1) is 7.74. The second-order valence-electron chi connectivity index (χ2n) is 2.17. The van der Waals surface area contributed by atoms with Crippen molar-refractivity contribution in [2.24, 2.45) is 0 Å². The van der Waals surface area contributed by atoms with Crippen molar-refractivity contribution in [2.45, 2.75) is 6.54 Å². The highest BCUT2D eigenvalue weighted by Crippen LogP contribution is 2.02. The van der Waals surface area contributed by atoms with Gasteiger partial charge >= 0.3 is 0 Å². The Balaban J connectivity index is 2.89. The molecular formula is C6H11N5. The molecule has 1 aromatic heterocycles. The van der Waals surface area contributed by atoms with E-state index in [4.69, 9.17) is 11.5 Å². The predicted molar refractivity (Wildman–Crippen MR) is 43.6 cm³/mol. The molecule has 11 heavy (non-hydrogen) atoms. The van der Waals surface area contributed by atoms with Crippen LogP contribution in [0, 0.1) is 0 Å². The average Bonchev–Trinajstić information content (AvgIpc) is 1.85. The molecule has 1 heterocycles. The average molecular weight is 153 g/mol. The molecule has 0 aliphatic carbocycles. The number of nitrogens with zero attached hydrogens (tertiary/aromatic N) is 2. The first-order chi connectivity index (χ1) is 5.22. The highest BCUT2D eigenvalue weighted by molar-refractivity contribution is 5.35. The summed E-state index contributed by atoms with van der Waals surface area (Å²) in [5, 5.41) is 2.94. The number of nitrogens with two attached hydrogens (primary N) is 2. The first-order valence-corrected chi connectivity index (χ1v) is 3.26. The Labute approximate surface area is 64.8 Å². The summed E-state index contributed by atoms with van der Waals surface area (Å²) in [5.41, 5.74) is 11.6. The molecule has 0 unspecified atom stereocenters. The van der Waals surface area contributed by atoms with Crippen LogP contribution in [-0.4, -0.2) is 17.0 Å². The van der Waals surface area contributed by atoms with Crippen molar-refractivity contribution in [1.82, 2.24) is 15.3 Å². The van der Waals surface area contributed by atoms with Crippen LogP contribution < -0.4 is 16.8 Å². The van der Waals surface area contributed by atoms with Crippen molar-refractivity contribution in [2.75, 3.05) is 18.5 Å². The van der Waals surface area contributed by atoms with Gasteiger partial charge in [-0.2, -0.15) is 4.98 Å². The molecule has 0 aliphatic heterocycles. The molecule has 5 nitrogen and oxygen atoms in total. The Hall–Kier alpha value is -1.36. The first-order valence-electron chi connectivity index (χ1n) is 3.26. The molecular weight excluding hydrogens is 142 g/mol. The summed E-state index contributed by atoms with van der Waals surface area (Å²) in [4.78, 5) is 7.68. The quantitative estimate of drug-likeness (QED) is 0.526. The highest BCUT2D eigenvalue weighted by atomic mass is 15.0. The second kappa shape index (κ2) is 3.16. The molecule has 0 saturated heterocycles. The van der Waals surface area contributed by atoms with Crippen molar-refractivity contribution in [3.05, 3.63) is 11.8 Å². The number of aromatic nitrogens is 2. The van der Waals surface area contributed by atoms with E-state index in [-0.39, 0.29) is 5.95 Å². The summed E-state index contributed by atoms with van der Waals surface area (Å²) in [6, 6.07) is 1.69. The Kier molecular flexibility index (Phi) is 2.22. The minimum absolute atomic E-state index is 0.218. The molecule has 60 valence electrons. The third kappa shape index (κ3) is 2.05. The summed E-state index contributed by atoms with van der Waals surface area (Å²) >= 11 is 0. The molecule has 5 N–H and O–H groups in total. The van der Waals surface area contributed by atoms with Gasteiger partial charge in [0.25, 0.3) is 0 Å². The summed E-state index contributed by atoms with van der Waals surface area (Å²) < 4.78 is 0. The minimum Gasteiger partial charge on any atom is -0.384 e. The van der Waals surface area contributed by atoms with Gasteiger partial charge in [0.05, 0.1) is 5.69 Å². The maximum absolute atomic E-state index is 5.43. The van der Waals surface area contributed by atoms with Crippen molar-refractivity contribution in [3.63, 3.8) is 0 Å². The van der Waals surface area contributed by atoms with E-state index >= 15 is 0 Å². The van der Waals surface area contributed by atoms with E-state index in [9.17, 15) is 0 Å². The smallest absolute Gasteiger partial charge is 0.222 e. The molecule has 0 spiro atoms. The van der Waals surface area contributed by atoms with Crippen LogP contribution in [0.2, 0.25) is 0 Å². The maximum Gasteiger partial charge on any atom is 0.222 e. The van der Waals surface area contributed by atoms with Gasteiger partial charge in [0.15, 0.2) is 0 Å². The van der Waals surface area contributed by atoms with Gasteiger partial charge in [-0.15, -0.1) is 0 Å². The van der Waals surface area contributed by atoms with Gasteiger partial charge in [-0.05, 0) is 7.05 Å². The zero-order chi connectivity index (χ0) is 8.27. The molecule has 1 rings (SSSR count). The molecule has 0 radical (unpaired) electrons. The number of nitrogen functional groups attached to an aromatic ring is 2. The third-order valence-electron chi connectivity index (χ3n) is 1.17. The second-order valence-corrected chi connectivity index (χ2v) is 2.17. The molecule has 0 aromatic carbocycles. The molecule has 0 bridgehead atoms. The van der Waals surface area contributed by atoms with E-state index in [0.717, 1.165) is 5.69 Å². The van der Waals surface area contributed by atoms with Crippen LogP contribution in [-0.2, 0) is 6.54 Å². The topological polar surface area (TPSA) is 89.8 Å². The van der Waals surface area contributed by atoms with Gasteiger partial charge in [-0.1, -0.05) is 0 Å². The van der Waals surface area contributed by atoms with Gasteiger partial charge in [0.2, 0.25) is 5.95 Å². The monoisotopic (exact) mass is 153 g/mol. The van der Waals surface area contributed by atoms with E-state index < -0.39 is 0 Å². The van der Waals surface area contributed by atoms with Crippen LogP contribution in [0.3, 0.4) is 0 Å². The molecule has 0 amide bonds. The number of nitrogens with one attached hydrogen (secondary N) is 1. The largest absolute Gasteiger partial charge is 0.384 e. The lowest BCUT2D eigenvalue weighted by Gasteiger charge is -2.00. The van der Waals surface area contributed by atoms with E-state index in [1.165, 1.54) is 0 Å². The van der Waals surface area contributed by atoms with E-state index in [0.29, 0.717) is 12.4 Å². The van der Waals surface area contributed by atoms with Gasteiger partial charge in [0, 0.05) is 12.6 Å². The number of rotatable bonds is 2. The SMILES string of the molecule is CNCc1cc(N)nc(N)n1. The summed E-state index contributed by atoms with van der Waals surface area (Å²) in [5.74, 6) is 0.623. The lowest BCUT2D eigenvalue weighted by atomic mass is 10.4.